The summed E-state index contributed by atoms with van der Waals surface area (Å²) in [4.78, 5) is 0. The normalized spacial score (nSPS) is 35.4. The Balaban J connectivity index is 2.16. The molecule has 1 fully saturated rings. The van der Waals surface area contributed by atoms with Gasteiger partial charge in [0.05, 0.1) is 0 Å². The molecule has 0 amide bonds. The molecule has 1 N–H and O–H groups in total. The highest BCUT2D eigenvalue weighted by atomic mass is 15.0. The molecule has 3 rings (SSSR count). The van der Waals surface area contributed by atoms with E-state index in [1.54, 1.807) is 11.1 Å². The minimum atomic E-state index is 0.458. The van der Waals surface area contributed by atoms with Gasteiger partial charge in [-0.05, 0) is 42.9 Å². The number of hydrogen-bond acceptors (Lipinski definition) is 1. The van der Waals surface area contributed by atoms with E-state index in [0.717, 1.165) is 5.92 Å². The third-order valence-corrected chi connectivity index (χ3v) is 5.24. The van der Waals surface area contributed by atoms with Crippen molar-refractivity contribution in [2.24, 2.45) is 5.92 Å². The SMILES string of the molecule is CCC1[C@H]2Cc3ccccc3[C@]1(CC)CCN2. The van der Waals surface area contributed by atoms with Gasteiger partial charge >= 0.3 is 0 Å². The Morgan fingerprint density at radius 2 is 2.12 bits per heavy atom. The molecule has 2 bridgehead atoms. The van der Waals surface area contributed by atoms with E-state index in [2.05, 4.69) is 43.4 Å². The summed E-state index contributed by atoms with van der Waals surface area (Å²) in [6, 6.07) is 9.87. The van der Waals surface area contributed by atoms with Crippen LogP contribution in [0.1, 0.15) is 44.2 Å². The van der Waals surface area contributed by atoms with Crippen molar-refractivity contribution in [1.29, 1.82) is 0 Å². The number of piperidine rings is 1. The zero-order valence-corrected chi connectivity index (χ0v) is 11.0. The smallest absolute Gasteiger partial charge is 0.0144 e. The van der Waals surface area contributed by atoms with Gasteiger partial charge in [0.25, 0.3) is 0 Å². The van der Waals surface area contributed by atoms with Crippen LogP contribution in [0.5, 0.6) is 0 Å². The fourth-order valence-electron chi connectivity index (χ4n) is 4.47. The van der Waals surface area contributed by atoms with Gasteiger partial charge < -0.3 is 5.32 Å². The standard InChI is InChI=1S/C16H23N/c1-3-13-15-11-12-7-5-6-8-14(12)16(13,4-2)9-10-17-15/h5-8,13,15,17H,3-4,9-11H2,1-2H3/t13?,15-,16-/m1/s1. The average molecular weight is 229 g/mol. The first-order chi connectivity index (χ1) is 8.31. The molecule has 0 saturated carbocycles. The maximum absolute atomic E-state index is 3.75. The second-order valence-electron chi connectivity index (χ2n) is 5.70. The minimum Gasteiger partial charge on any atom is -0.313 e. The van der Waals surface area contributed by atoms with Crippen molar-refractivity contribution in [3.05, 3.63) is 35.4 Å². The van der Waals surface area contributed by atoms with Gasteiger partial charge in [0.15, 0.2) is 0 Å². The van der Waals surface area contributed by atoms with Crippen LogP contribution in [-0.2, 0) is 11.8 Å². The van der Waals surface area contributed by atoms with Gasteiger partial charge in [-0.2, -0.15) is 0 Å². The first kappa shape index (κ1) is 11.3. The molecule has 1 aliphatic heterocycles. The lowest BCUT2D eigenvalue weighted by atomic mass is 9.56. The molecule has 1 unspecified atom stereocenters. The van der Waals surface area contributed by atoms with Crippen LogP contribution in [0.2, 0.25) is 0 Å². The molecule has 92 valence electrons. The van der Waals surface area contributed by atoms with Crippen LogP contribution in [0, 0.1) is 5.92 Å². The molecule has 1 aromatic carbocycles. The van der Waals surface area contributed by atoms with Gasteiger partial charge in [-0.1, -0.05) is 44.5 Å². The van der Waals surface area contributed by atoms with Crippen molar-refractivity contribution in [2.45, 2.75) is 51.0 Å². The Labute approximate surface area is 105 Å². The lowest BCUT2D eigenvalue weighted by molar-refractivity contribution is 0.118. The van der Waals surface area contributed by atoms with Gasteiger partial charge in [0.2, 0.25) is 0 Å². The van der Waals surface area contributed by atoms with Crippen LogP contribution in [-0.4, -0.2) is 12.6 Å². The number of rotatable bonds is 2. The fourth-order valence-corrected chi connectivity index (χ4v) is 4.47. The number of nitrogens with one attached hydrogen (secondary N) is 1. The Morgan fingerprint density at radius 3 is 2.88 bits per heavy atom. The summed E-state index contributed by atoms with van der Waals surface area (Å²) in [6.45, 7) is 5.94. The van der Waals surface area contributed by atoms with E-state index in [1.165, 1.54) is 32.2 Å². The minimum absolute atomic E-state index is 0.458. The molecule has 1 aliphatic carbocycles. The molecule has 0 spiro atoms. The summed E-state index contributed by atoms with van der Waals surface area (Å²) in [6.07, 6.45) is 5.15. The van der Waals surface area contributed by atoms with Crippen molar-refractivity contribution in [2.75, 3.05) is 6.54 Å². The largest absolute Gasteiger partial charge is 0.313 e. The molecule has 1 nitrogen and oxygen atoms in total. The molecule has 1 saturated heterocycles. The predicted molar refractivity (Wildman–Crippen MR) is 72.3 cm³/mol. The third-order valence-electron chi connectivity index (χ3n) is 5.24. The molecular weight excluding hydrogens is 206 g/mol. The second kappa shape index (κ2) is 4.13. The van der Waals surface area contributed by atoms with Crippen LogP contribution < -0.4 is 5.32 Å². The van der Waals surface area contributed by atoms with Gasteiger partial charge in [-0.15, -0.1) is 0 Å². The maximum Gasteiger partial charge on any atom is 0.0144 e. The molecular formula is C16H23N. The predicted octanol–water partition coefficient (Wildman–Crippen LogP) is 3.28. The summed E-state index contributed by atoms with van der Waals surface area (Å²) >= 11 is 0. The van der Waals surface area contributed by atoms with Crippen LogP contribution in [0.15, 0.2) is 24.3 Å². The quantitative estimate of drug-likeness (QED) is 0.820. The summed E-state index contributed by atoms with van der Waals surface area (Å²) in [5.74, 6) is 0.830. The van der Waals surface area contributed by atoms with Crippen molar-refractivity contribution in [1.82, 2.24) is 5.32 Å². The molecule has 17 heavy (non-hydrogen) atoms. The highest BCUT2D eigenvalue weighted by Crippen LogP contribution is 2.49. The maximum atomic E-state index is 3.75. The van der Waals surface area contributed by atoms with Crippen LogP contribution >= 0.6 is 0 Å². The van der Waals surface area contributed by atoms with E-state index >= 15 is 0 Å². The van der Waals surface area contributed by atoms with E-state index in [1.807, 2.05) is 0 Å². The Bertz CT molecular complexity index is 412. The third kappa shape index (κ3) is 1.48. The van der Waals surface area contributed by atoms with Crippen molar-refractivity contribution < 1.29 is 0 Å². The number of hydrogen-bond donors (Lipinski definition) is 1. The summed E-state index contributed by atoms with van der Waals surface area (Å²) in [5.41, 5.74) is 3.71. The highest BCUT2D eigenvalue weighted by molar-refractivity contribution is 5.40. The van der Waals surface area contributed by atoms with Gasteiger partial charge in [-0.3, -0.25) is 0 Å². The monoisotopic (exact) mass is 229 g/mol. The molecule has 1 aromatic rings. The summed E-state index contributed by atoms with van der Waals surface area (Å²) in [7, 11) is 0. The van der Waals surface area contributed by atoms with Gasteiger partial charge in [0, 0.05) is 11.5 Å². The lowest BCUT2D eigenvalue weighted by Gasteiger charge is -2.53. The molecule has 1 heterocycles. The van der Waals surface area contributed by atoms with Crippen LogP contribution in [0.25, 0.3) is 0 Å². The van der Waals surface area contributed by atoms with E-state index in [0.29, 0.717) is 11.5 Å². The van der Waals surface area contributed by atoms with Crippen molar-refractivity contribution >= 4 is 0 Å². The van der Waals surface area contributed by atoms with Crippen LogP contribution in [0.4, 0.5) is 0 Å². The number of benzene rings is 1. The van der Waals surface area contributed by atoms with E-state index in [-0.39, 0.29) is 0 Å². The first-order valence-corrected chi connectivity index (χ1v) is 7.13. The molecule has 3 atom stereocenters. The van der Waals surface area contributed by atoms with Crippen LogP contribution in [0.3, 0.4) is 0 Å². The summed E-state index contributed by atoms with van der Waals surface area (Å²) in [5, 5.41) is 3.75. The lowest BCUT2D eigenvalue weighted by Crippen LogP contribution is -2.58. The Hall–Kier alpha value is -0.820. The van der Waals surface area contributed by atoms with E-state index < -0.39 is 0 Å². The zero-order valence-electron chi connectivity index (χ0n) is 11.0. The van der Waals surface area contributed by atoms with E-state index in [9.17, 15) is 0 Å². The number of fused-ring (bicyclic) bond motifs is 4. The molecule has 0 aromatic heterocycles. The molecule has 0 radical (unpaired) electrons. The molecule has 2 aliphatic rings. The average Bonchev–Trinajstić information content (AvgIpc) is 2.38. The molecule has 1 heteroatoms. The second-order valence-corrected chi connectivity index (χ2v) is 5.70. The first-order valence-electron chi connectivity index (χ1n) is 7.13. The van der Waals surface area contributed by atoms with Gasteiger partial charge in [0.1, 0.15) is 0 Å². The highest BCUT2D eigenvalue weighted by Gasteiger charge is 2.48. The Kier molecular flexibility index (Phi) is 2.74. The summed E-state index contributed by atoms with van der Waals surface area (Å²) < 4.78 is 0. The zero-order chi connectivity index (χ0) is 11.9. The Morgan fingerprint density at radius 1 is 1.29 bits per heavy atom. The topological polar surface area (TPSA) is 12.0 Å². The van der Waals surface area contributed by atoms with Crippen molar-refractivity contribution in [3.63, 3.8) is 0 Å². The van der Waals surface area contributed by atoms with E-state index in [4.69, 9.17) is 0 Å². The van der Waals surface area contributed by atoms with Gasteiger partial charge in [-0.25, -0.2) is 0 Å². The van der Waals surface area contributed by atoms with Crippen molar-refractivity contribution in [3.8, 4) is 0 Å². The fraction of sp³-hybridized carbons (Fsp3) is 0.625.